The molecule has 0 saturated heterocycles. The molecule has 0 heterocycles. The molecule has 0 bridgehead atoms. The number of aryl methyl sites for hydroxylation is 2. The number of halogens is 2. The SMILES string of the molecule is Cc1cc[c]([Ru+2][c]2ccc(C)cc2C(C)C)c(C(C)C)c1.[Cl-].[Cl-]. The van der Waals surface area contributed by atoms with Crippen LogP contribution in [0, 0.1) is 13.8 Å². The molecule has 2 aromatic rings. The largest absolute Gasteiger partial charge is 1.00 e. The van der Waals surface area contributed by atoms with E-state index in [4.69, 9.17) is 0 Å². The van der Waals surface area contributed by atoms with Crippen LogP contribution < -0.4 is 33.1 Å². The summed E-state index contributed by atoms with van der Waals surface area (Å²) < 4.78 is 3.13. The molecule has 128 valence electrons. The maximum Gasteiger partial charge on any atom is -1.00 e. The molecular weight excluding hydrogens is 412 g/mol. The number of rotatable bonds is 4. The first-order valence-corrected chi connectivity index (χ1v) is 9.45. The molecule has 2 rings (SSSR count). The van der Waals surface area contributed by atoms with E-state index in [9.17, 15) is 0 Å². The van der Waals surface area contributed by atoms with Crippen LogP contribution in [0.2, 0.25) is 0 Å². The molecule has 0 N–H and O–H groups in total. The summed E-state index contributed by atoms with van der Waals surface area (Å²) in [7, 11) is 0. The van der Waals surface area contributed by atoms with E-state index >= 15 is 0 Å². The van der Waals surface area contributed by atoms with Gasteiger partial charge >= 0.3 is 137 Å². The second-order valence-corrected chi connectivity index (χ2v) is 8.73. The fraction of sp³-hybridized carbons (Fsp3) is 0.400. The van der Waals surface area contributed by atoms with Crippen molar-refractivity contribution >= 4 is 8.32 Å². The molecule has 0 nitrogen and oxygen atoms in total. The van der Waals surface area contributed by atoms with Crippen LogP contribution in [0.4, 0.5) is 0 Å². The first-order valence-electron chi connectivity index (χ1n) is 7.72. The van der Waals surface area contributed by atoms with E-state index in [0.717, 1.165) is 0 Å². The molecule has 0 fully saturated rings. The molecule has 0 unspecified atom stereocenters. The normalized spacial score (nSPS) is 10.4. The predicted molar refractivity (Wildman–Crippen MR) is 89.8 cm³/mol. The van der Waals surface area contributed by atoms with Gasteiger partial charge in [0.1, 0.15) is 0 Å². The topological polar surface area (TPSA) is 0 Å². The summed E-state index contributed by atoms with van der Waals surface area (Å²) in [5.41, 5.74) is 5.80. The van der Waals surface area contributed by atoms with Crippen molar-refractivity contribution in [3.63, 3.8) is 0 Å². The predicted octanol–water partition coefficient (Wildman–Crippen LogP) is -1.41. The second kappa shape index (κ2) is 9.82. The van der Waals surface area contributed by atoms with E-state index in [1.807, 2.05) is 0 Å². The van der Waals surface area contributed by atoms with Gasteiger partial charge in [-0.25, -0.2) is 0 Å². The summed E-state index contributed by atoms with van der Waals surface area (Å²) >= 11 is 0.102. The first kappa shape index (κ1) is 22.6. The second-order valence-electron chi connectivity index (χ2n) is 6.42. The Labute approximate surface area is 161 Å². The summed E-state index contributed by atoms with van der Waals surface area (Å²) in [6.07, 6.45) is 0. The monoisotopic (exact) mass is 438 g/mol. The van der Waals surface area contributed by atoms with Crippen molar-refractivity contribution < 1.29 is 41.9 Å². The van der Waals surface area contributed by atoms with Gasteiger partial charge in [0.25, 0.3) is 0 Å². The van der Waals surface area contributed by atoms with Gasteiger partial charge < -0.3 is 24.8 Å². The van der Waals surface area contributed by atoms with Gasteiger partial charge in [-0.2, -0.15) is 0 Å². The van der Waals surface area contributed by atoms with E-state index in [1.54, 1.807) is 8.32 Å². The molecule has 0 amide bonds. The van der Waals surface area contributed by atoms with Crippen LogP contribution in [0.15, 0.2) is 36.4 Å². The fourth-order valence-corrected chi connectivity index (χ4v) is 5.29. The van der Waals surface area contributed by atoms with Gasteiger partial charge in [0, 0.05) is 0 Å². The van der Waals surface area contributed by atoms with E-state index in [0.29, 0.717) is 11.8 Å². The van der Waals surface area contributed by atoms with Crippen LogP contribution in [0.3, 0.4) is 0 Å². The summed E-state index contributed by atoms with van der Waals surface area (Å²) in [6, 6.07) is 14.0. The van der Waals surface area contributed by atoms with Gasteiger partial charge in [0.2, 0.25) is 0 Å². The van der Waals surface area contributed by atoms with E-state index in [-0.39, 0.29) is 41.9 Å². The molecule has 0 spiro atoms. The zero-order chi connectivity index (χ0) is 15.6. The Balaban J connectivity index is 0.00000242. The molecule has 0 aliphatic heterocycles. The molecule has 0 saturated carbocycles. The molecule has 0 aliphatic carbocycles. The van der Waals surface area contributed by atoms with Crippen LogP contribution in [0.25, 0.3) is 0 Å². The zero-order valence-corrected chi connectivity index (χ0v) is 18.0. The van der Waals surface area contributed by atoms with Crippen LogP contribution >= 0.6 is 0 Å². The van der Waals surface area contributed by atoms with Crippen LogP contribution in [0.1, 0.15) is 61.8 Å². The Bertz CT molecular complexity index is 578. The van der Waals surface area contributed by atoms with Gasteiger partial charge in [-0.3, -0.25) is 0 Å². The van der Waals surface area contributed by atoms with Gasteiger partial charge in [0.05, 0.1) is 0 Å². The van der Waals surface area contributed by atoms with Gasteiger partial charge in [-0.15, -0.1) is 0 Å². The number of hydrogen-bond acceptors (Lipinski definition) is 0. The minimum atomic E-state index is 0. The Kier molecular flexibility index (Phi) is 9.67. The standard InChI is InChI=1S/2C10H13.2ClH.Ru/c2*1-8(2)10-6-4-5-9(3)7-10;;;/h2*4-5,7-8H,1-3H3;2*1H;/q;;;;+2/p-2. The fourth-order valence-electron chi connectivity index (χ4n) is 2.45. The molecule has 0 atom stereocenters. The average Bonchev–Trinajstić information content (AvgIpc) is 2.42. The quantitative estimate of drug-likeness (QED) is 0.515. The molecule has 23 heavy (non-hydrogen) atoms. The molecule has 2 aromatic carbocycles. The number of hydrogen-bond donors (Lipinski definition) is 0. The summed E-state index contributed by atoms with van der Waals surface area (Å²) in [4.78, 5) is 0. The molecule has 0 radical (unpaired) electrons. The van der Waals surface area contributed by atoms with Crippen molar-refractivity contribution in [1.82, 2.24) is 0 Å². The Hall–Kier alpha value is -0.357. The van der Waals surface area contributed by atoms with Gasteiger partial charge in [-0.1, -0.05) is 0 Å². The Morgan fingerprint density at radius 1 is 0.652 bits per heavy atom. The van der Waals surface area contributed by atoms with Crippen molar-refractivity contribution in [1.29, 1.82) is 0 Å². The van der Waals surface area contributed by atoms with E-state index in [2.05, 4.69) is 77.9 Å². The minimum absolute atomic E-state index is 0. The van der Waals surface area contributed by atoms with Crippen molar-refractivity contribution in [2.24, 2.45) is 0 Å². The number of benzene rings is 2. The Morgan fingerprint density at radius 2 is 1.00 bits per heavy atom. The van der Waals surface area contributed by atoms with E-state index in [1.165, 1.54) is 22.3 Å². The third-order valence-electron chi connectivity index (χ3n) is 3.72. The third kappa shape index (κ3) is 5.89. The maximum absolute atomic E-state index is 2.37. The summed E-state index contributed by atoms with van der Waals surface area (Å²) in [5.74, 6) is 1.20. The van der Waals surface area contributed by atoms with Crippen molar-refractivity contribution in [2.45, 2.75) is 53.4 Å². The van der Waals surface area contributed by atoms with Gasteiger partial charge in [0.15, 0.2) is 0 Å². The minimum Gasteiger partial charge on any atom is -1.00 e. The maximum atomic E-state index is 2.37. The average molecular weight is 438 g/mol. The van der Waals surface area contributed by atoms with Gasteiger partial charge in [-0.05, 0) is 0 Å². The van der Waals surface area contributed by atoms with Crippen molar-refractivity contribution in [3.8, 4) is 0 Å². The molecule has 0 aromatic heterocycles. The van der Waals surface area contributed by atoms with Crippen LogP contribution in [-0.4, -0.2) is 0 Å². The van der Waals surface area contributed by atoms with Crippen molar-refractivity contribution in [2.75, 3.05) is 0 Å². The smallest absolute Gasteiger partial charge is 1.00 e. The zero-order valence-electron chi connectivity index (χ0n) is 14.7. The third-order valence-corrected chi connectivity index (χ3v) is 6.23. The van der Waals surface area contributed by atoms with Crippen LogP contribution in [0.5, 0.6) is 0 Å². The van der Waals surface area contributed by atoms with Crippen LogP contribution in [-0.2, 0) is 17.1 Å². The molecule has 0 aliphatic rings. The Morgan fingerprint density at radius 3 is 1.30 bits per heavy atom. The van der Waals surface area contributed by atoms with E-state index < -0.39 is 0 Å². The summed E-state index contributed by atoms with van der Waals surface area (Å²) in [5, 5.41) is 0. The first-order chi connectivity index (χ1) is 9.88. The summed E-state index contributed by atoms with van der Waals surface area (Å²) in [6.45, 7) is 13.6. The molecular formula is C20H26Cl2Ru. The van der Waals surface area contributed by atoms with Crippen molar-refractivity contribution in [3.05, 3.63) is 58.7 Å². The molecule has 3 heteroatoms.